The molecule has 1 unspecified atom stereocenters. The summed E-state index contributed by atoms with van der Waals surface area (Å²) in [4.78, 5) is 0. The standard InChI is InChI=1S/C6H14N2O/c1-6(2)4-7-3-5(9)8-6/h5,7-9H,3-4H2,1-2H3. The molecule has 1 fully saturated rings. The first kappa shape index (κ1) is 6.99. The molecule has 0 saturated carbocycles. The van der Waals surface area contributed by atoms with E-state index in [1.807, 2.05) is 0 Å². The fraction of sp³-hybridized carbons (Fsp3) is 1.00. The number of aliphatic hydroxyl groups is 1. The zero-order valence-electron chi connectivity index (χ0n) is 5.94. The Bertz CT molecular complexity index is 103. The van der Waals surface area contributed by atoms with Crippen molar-refractivity contribution < 1.29 is 5.11 Å². The minimum absolute atomic E-state index is 0.0394. The molecule has 0 aromatic rings. The fourth-order valence-corrected chi connectivity index (χ4v) is 1.07. The number of hydrogen-bond acceptors (Lipinski definition) is 3. The average molecular weight is 130 g/mol. The van der Waals surface area contributed by atoms with Crippen molar-refractivity contribution in [3.8, 4) is 0 Å². The normalized spacial score (nSPS) is 34.3. The van der Waals surface area contributed by atoms with Crippen molar-refractivity contribution in [2.45, 2.75) is 25.6 Å². The molecule has 1 heterocycles. The molecule has 0 bridgehead atoms. The molecule has 1 atom stereocenters. The summed E-state index contributed by atoms with van der Waals surface area (Å²) in [6.07, 6.45) is -0.381. The molecule has 1 saturated heterocycles. The van der Waals surface area contributed by atoms with Crippen LogP contribution in [-0.2, 0) is 0 Å². The summed E-state index contributed by atoms with van der Waals surface area (Å²) in [7, 11) is 0. The van der Waals surface area contributed by atoms with Gasteiger partial charge in [-0.05, 0) is 13.8 Å². The lowest BCUT2D eigenvalue weighted by atomic mass is 10.0. The molecule has 3 N–H and O–H groups in total. The molecule has 1 aliphatic heterocycles. The van der Waals surface area contributed by atoms with Crippen molar-refractivity contribution in [2.75, 3.05) is 13.1 Å². The first-order valence-electron chi connectivity index (χ1n) is 3.27. The van der Waals surface area contributed by atoms with Crippen molar-refractivity contribution >= 4 is 0 Å². The van der Waals surface area contributed by atoms with Crippen molar-refractivity contribution in [1.29, 1.82) is 0 Å². The van der Waals surface area contributed by atoms with E-state index in [1.165, 1.54) is 0 Å². The monoisotopic (exact) mass is 130 g/mol. The molecule has 0 aromatic carbocycles. The number of piperazine rings is 1. The Labute approximate surface area is 55.5 Å². The molecule has 3 nitrogen and oxygen atoms in total. The molecular weight excluding hydrogens is 116 g/mol. The lowest BCUT2D eigenvalue weighted by molar-refractivity contribution is 0.0730. The van der Waals surface area contributed by atoms with E-state index in [2.05, 4.69) is 24.5 Å². The van der Waals surface area contributed by atoms with Crippen molar-refractivity contribution in [2.24, 2.45) is 0 Å². The molecule has 0 spiro atoms. The van der Waals surface area contributed by atoms with Crippen LogP contribution in [0.15, 0.2) is 0 Å². The maximum atomic E-state index is 9.07. The molecule has 9 heavy (non-hydrogen) atoms. The molecule has 0 aromatic heterocycles. The molecule has 0 radical (unpaired) electrons. The SMILES string of the molecule is CC1(C)CNCC(O)N1. The molecule has 1 rings (SSSR count). The average Bonchev–Trinajstić information content (AvgIpc) is 1.60. The van der Waals surface area contributed by atoms with Gasteiger partial charge in [0.25, 0.3) is 0 Å². The second-order valence-corrected chi connectivity index (χ2v) is 3.17. The summed E-state index contributed by atoms with van der Waals surface area (Å²) >= 11 is 0. The highest BCUT2D eigenvalue weighted by molar-refractivity contribution is 4.86. The highest BCUT2D eigenvalue weighted by Crippen LogP contribution is 2.04. The van der Waals surface area contributed by atoms with Crippen LogP contribution in [0.2, 0.25) is 0 Å². The number of aliphatic hydroxyl groups excluding tert-OH is 1. The van der Waals surface area contributed by atoms with Gasteiger partial charge in [-0.15, -0.1) is 0 Å². The summed E-state index contributed by atoms with van der Waals surface area (Å²) in [6.45, 7) is 5.69. The van der Waals surface area contributed by atoms with Crippen molar-refractivity contribution in [1.82, 2.24) is 10.6 Å². The van der Waals surface area contributed by atoms with E-state index >= 15 is 0 Å². The summed E-state index contributed by atoms with van der Waals surface area (Å²) < 4.78 is 0. The Kier molecular flexibility index (Phi) is 1.75. The van der Waals surface area contributed by atoms with Gasteiger partial charge in [0.15, 0.2) is 0 Å². The number of hydrogen-bond donors (Lipinski definition) is 3. The van der Waals surface area contributed by atoms with E-state index in [0.717, 1.165) is 6.54 Å². The largest absolute Gasteiger partial charge is 0.377 e. The van der Waals surface area contributed by atoms with E-state index < -0.39 is 0 Å². The quantitative estimate of drug-likeness (QED) is 0.405. The fourth-order valence-electron chi connectivity index (χ4n) is 1.07. The molecule has 54 valence electrons. The van der Waals surface area contributed by atoms with E-state index in [9.17, 15) is 0 Å². The van der Waals surface area contributed by atoms with E-state index in [1.54, 1.807) is 0 Å². The Hall–Kier alpha value is -0.120. The second-order valence-electron chi connectivity index (χ2n) is 3.17. The Balaban J connectivity index is 2.41. The van der Waals surface area contributed by atoms with Crippen LogP contribution < -0.4 is 10.6 Å². The van der Waals surface area contributed by atoms with Crippen LogP contribution >= 0.6 is 0 Å². The lowest BCUT2D eigenvalue weighted by Crippen LogP contribution is -2.60. The number of nitrogens with one attached hydrogen (secondary N) is 2. The Morgan fingerprint density at radius 1 is 1.56 bits per heavy atom. The van der Waals surface area contributed by atoms with Crippen molar-refractivity contribution in [3.63, 3.8) is 0 Å². The van der Waals surface area contributed by atoms with Gasteiger partial charge in [-0.2, -0.15) is 0 Å². The third kappa shape index (κ3) is 1.93. The molecule has 0 amide bonds. The van der Waals surface area contributed by atoms with Gasteiger partial charge in [0, 0.05) is 18.6 Å². The lowest BCUT2D eigenvalue weighted by Gasteiger charge is -2.35. The van der Waals surface area contributed by atoms with Gasteiger partial charge >= 0.3 is 0 Å². The van der Waals surface area contributed by atoms with Gasteiger partial charge in [-0.1, -0.05) is 0 Å². The molecule has 1 aliphatic rings. The smallest absolute Gasteiger partial charge is 0.117 e. The molecule has 0 aliphatic carbocycles. The number of rotatable bonds is 0. The van der Waals surface area contributed by atoms with Crippen LogP contribution in [0.4, 0.5) is 0 Å². The van der Waals surface area contributed by atoms with Gasteiger partial charge in [0.05, 0.1) is 0 Å². The summed E-state index contributed by atoms with van der Waals surface area (Å²) in [5.74, 6) is 0. The minimum Gasteiger partial charge on any atom is -0.377 e. The predicted molar refractivity (Wildman–Crippen MR) is 36.1 cm³/mol. The minimum atomic E-state index is -0.381. The van der Waals surface area contributed by atoms with Crippen LogP contribution in [-0.4, -0.2) is 30.0 Å². The maximum absolute atomic E-state index is 9.07. The van der Waals surface area contributed by atoms with Crippen LogP contribution in [0.1, 0.15) is 13.8 Å². The predicted octanol–water partition coefficient (Wildman–Crippen LogP) is -0.724. The van der Waals surface area contributed by atoms with Gasteiger partial charge in [-0.25, -0.2) is 0 Å². The zero-order chi connectivity index (χ0) is 6.91. The van der Waals surface area contributed by atoms with Crippen LogP contribution in [0, 0.1) is 0 Å². The van der Waals surface area contributed by atoms with E-state index in [0.29, 0.717) is 6.54 Å². The van der Waals surface area contributed by atoms with Crippen LogP contribution in [0.25, 0.3) is 0 Å². The van der Waals surface area contributed by atoms with Gasteiger partial charge in [0.1, 0.15) is 6.23 Å². The third-order valence-corrected chi connectivity index (χ3v) is 1.46. The van der Waals surface area contributed by atoms with Crippen LogP contribution in [0.5, 0.6) is 0 Å². The summed E-state index contributed by atoms with van der Waals surface area (Å²) in [5.41, 5.74) is 0.0394. The van der Waals surface area contributed by atoms with Gasteiger partial charge < -0.3 is 10.4 Å². The maximum Gasteiger partial charge on any atom is 0.117 e. The first-order chi connectivity index (χ1) is 4.10. The van der Waals surface area contributed by atoms with E-state index in [4.69, 9.17) is 5.11 Å². The highest BCUT2D eigenvalue weighted by Gasteiger charge is 2.24. The van der Waals surface area contributed by atoms with Crippen molar-refractivity contribution in [3.05, 3.63) is 0 Å². The summed E-state index contributed by atoms with van der Waals surface area (Å²) in [5, 5.41) is 15.2. The van der Waals surface area contributed by atoms with Gasteiger partial charge in [-0.3, -0.25) is 5.32 Å². The zero-order valence-corrected chi connectivity index (χ0v) is 5.94. The summed E-state index contributed by atoms with van der Waals surface area (Å²) in [6, 6.07) is 0. The van der Waals surface area contributed by atoms with Crippen LogP contribution in [0.3, 0.4) is 0 Å². The third-order valence-electron chi connectivity index (χ3n) is 1.46. The topological polar surface area (TPSA) is 44.3 Å². The second kappa shape index (κ2) is 2.25. The molecule has 3 heteroatoms. The first-order valence-corrected chi connectivity index (χ1v) is 3.27. The number of β-amino-alcohol motifs (C(OH)–C–C–N with tert-alkyl or cyclic N) is 1. The van der Waals surface area contributed by atoms with Gasteiger partial charge in [0.2, 0.25) is 0 Å². The molecular formula is C6H14N2O. The highest BCUT2D eigenvalue weighted by atomic mass is 16.3. The van der Waals surface area contributed by atoms with E-state index in [-0.39, 0.29) is 11.8 Å². The Morgan fingerprint density at radius 3 is 2.56 bits per heavy atom. The Morgan fingerprint density at radius 2 is 2.22 bits per heavy atom.